The van der Waals surface area contributed by atoms with Crippen molar-refractivity contribution >= 4 is 34.2 Å². The summed E-state index contributed by atoms with van der Waals surface area (Å²) in [6.07, 6.45) is 8.22. The molecule has 12 nitrogen and oxygen atoms in total. The zero-order valence-corrected chi connectivity index (χ0v) is 29.6. The number of phenols is 2. The van der Waals surface area contributed by atoms with Gasteiger partial charge in [0.05, 0.1) is 24.5 Å². The number of fused-ring (bicyclic) bond motifs is 1. The highest BCUT2D eigenvalue weighted by Crippen LogP contribution is 2.35. The number of aromatic nitrogens is 1. The predicted molar refractivity (Wildman–Crippen MR) is 195 cm³/mol. The van der Waals surface area contributed by atoms with Crippen LogP contribution in [-0.2, 0) is 20.9 Å². The zero-order chi connectivity index (χ0) is 36.7. The number of aliphatic imine (C=N–C) groups is 1. The lowest BCUT2D eigenvalue weighted by Crippen LogP contribution is -2.41. The van der Waals surface area contributed by atoms with Gasteiger partial charge in [-0.1, -0.05) is 20.8 Å². The van der Waals surface area contributed by atoms with Gasteiger partial charge >= 0.3 is 0 Å². The van der Waals surface area contributed by atoms with Crippen LogP contribution in [0.5, 0.6) is 11.5 Å². The molecule has 0 saturated heterocycles. The molecule has 2 aromatic carbocycles. The number of aromatic hydroxyl groups is 2. The molecule has 3 aromatic rings. The first-order chi connectivity index (χ1) is 24.5. The Morgan fingerprint density at radius 2 is 1.92 bits per heavy atom. The first kappa shape index (κ1) is 37.0. The van der Waals surface area contributed by atoms with E-state index in [1.807, 2.05) is 51.2 Å². The molecule has 1 fully saturated rings. The lowest BCUT2D eigenvalue weighted by molar-refractivity contribution is -0.121. The molecule has 0 bridgehead atoms. The van der Waals surface area contributed by atoms with Crippen molar-refractivity contribution in [3.8, 4) is 11.5 Å². The molecule has 13 heteroatoms. The molecule has 51 heavy (non-hydrogen) atoms. The second kappa shape index (κ2) is 16.6. The van der Waals surface area contributed by atoms with E-state index in [-0.39, 0.29) is 42.2 Å². The highest BCUT2D eigenvalue weighted by molar-refractivity contribution is 6.13. The Hall–Kier alpha value is -5.30. The SMILES string of the molecule is CC/C=C(\O)N(C(=NC)c1cc(C(C)C)c(O)cc1O)c1ccc2c(ccn2CCOCCNC(=O)CCN2C=C(F)C(=O)NC2=C2CCC2)c1. The van der Waals surface area contributed by atoms with E-state index in [2.05, 4.69) is 20.2 Å². The fourth-order valence-electron chi connectivity index (χ4n) is 6.13. The molecule has 2 amide bonds. The number of carbonyl (C=O) groups excluding carboxylic acids is 2. The highest BCUT2D eigenvalue weighted by Gasteiger charge is 2.28. The minimum absolute atomic E-state index is 0.00747. The van der Waals surface area contributed by atoms with Gasteiger partial charge in [0.25, 0.3) is 5.91 Å². The van der Waals surface area contributed by atoms with Crippen LogP contribution in [0.25, 0.3) is 10.9 Å². The van der Waals surface area contributed by atoms with Crippen LogP contribution in [0.4, 0.5) is 10.1 Å². The summed E-state index contributed by atoms with van der Waals surface area (Å²) in [7, 11) is 1.59. The van der Waals surface area contributed by atoms with E-state index in [1.54, 1.807) is 29.0 Å². The topological polar surface area (TPSA) is 152 Å². The number of carbonyl (C=O) groups is 2. The van der Waals surface area contributed by atoms with Crippen LogP contribution in [0.2, 0.25) is 0 Å². The van der Waals surface area contributed by atoms with Crippen molar-refractivity contribution in [2.24, 2.45) is 4.99 Å². The summed E-state index contributed by atoms with van der Waals surface area (Å²) >= 11 is 0. The Balaban J connectivity index is 1.17. The maximum absolute atomic E-state index is 13.9. The van der Waals surface area contributed by atoms with E-state index in [9.17, 15) is 29.3 Å². The molecule has 1 aliphatic carbocycles. The number of aliphatic hydroxyl groups excluding tert-OH is 1. The summed E-state index contributed by atoms with van der Waals surface area (Å²) in [5, 5.41) is 38.8. The largest absolute Gasteiger partial charge is 0.508 e. The number of hydrogen-bond acceptors (Lipinski definition) is 8. The average molecular weight is 703 g/mol. The van der Waals surface area contributed by atoms with Crippen LogP contribution in [0.1, 0.15) is 69.9 Å². The van der Waals surface area contributed by atoms with Crippen LogP contribution in [0, 0.1) is 0 Å². The maximum Gasteiger partial charge on any atom is 0.287 e. The molecule has 1 aliphatic heterocycles. The molecule has 2 heterocycles. The van der Waals surface area contributed by atoms with Crippen LogP contribution in [0.15, 0.2) is 83.0 Å². The first-order valence-corrected chi connectivity index (χ1v) is 17.3. The van der Waals surface area contributed by atoms with Crippen molar-refractivity contribution < 1.29 is 34.0 Å². The van der Waals surface area contributed by atoms with E-state index >= 15 is 0 Å². The zero-order valence-electron chi connectivity index (χ0n) is 29.6. The fraction of sp³-hybridized carbons (Fsp3) is 0.395. The van der Waals surface area contributed by atoms with Crippen molar-refractivity contribution in [3.05, 3.63) is 89.1 Å². The lowest BCUT2D eigenvalue weighted by atomic mass is 9.91. The van der Waals surface area contributed by atoms with Gasteiger partial charge in [0.2, 0.25) is 11.7 Å². The van der Waals surface area contributed by atoms with Gasteiger partial charge < -0.3 is 40.2 Å². The molecule has 5 rings (SSSR count). The van der Waals surface area contributed by atoms with E-state index < -0.39 is 11.7 Å². The van der Waals surface area contributed by atoms with E-state index in [0.29, 0.717) is 61.2 Å². The van der Waals surface area contributed by atoms with Crippen LogP contribution < -0.4 is 15.5 Å². The molecular weight excluding hydrogens is 655 g/mol. The average Bonchev–Trinajstić information content (AvgIpc) is 3.47. The quantitative estimate of drug-likeness (QED) is 0.0592. The molecule has 0 radical (unpaired) electrons. The molecule has 2 aliphatic rings. The Kier molecular flexibility index (Phi) is 12.0. The van der Waals surface area contributed by atoms with Gasteiger partial charge in [-0.2, -0.15) is 4.39 Å². The van der Waals surface area contributed by atoms with Gasteiger partial charge in [-0.15, -0.1) is 0 Å². The number of rotatable bonds is 14. The number of allylic oxidation sites excluding steroid dienone is 2. The number of amides is 2. The Bertz CT molecular complexity index is 1890. The van der Waals surface area contributed by atoms with Crippen molar-refractivity contribution in [2.75, 3.05) is 38.3 Å². The number of aliphatic hydroxyl groups is 1. The summed E-state index contributed by atoms with van der Waals surface area (Å²) in [5.74, 6) is -1.13. The van der Waals surface area contributed by atoms with Crippen molar-refractivity contribution in [3.63, 3.8) is 0 Å². The third-order valence-electron chi connectivity index (χ3n) is 8.98. The van der Waals surface area contributed by atoms with Crippen LogP contribution in [0.3, 0.4) is 0 Å². The Morgan fingerprint density at radius 1 is 1.14 bits per heavy atom. The van der Waals surface area contributed by atoms with E-state index in [4.69, 9.17) is 4.74 Å². The summed E-state index contributed by atoms with van der Waals surface area (Å²) < 4.78 is 21.8. The number of ether oxygens (including phenoxy) is 1. The molecule has 0 unspecified atom stereocenters. The smallest absolute Gasteiger partial charge is 0.287 e. The van der Waals surface area contributed by atoms with Gasteiger partial charge in [0, 0.05) is 62.5 Å². The number of halogens is 1. The minimum atomic E-state index is -0.874. The fourth-order valence-corrected chi connectivity index (χ4v) is 6.13. The molecular formula is C38H47FN6O6. The van der Waals surface area contributed by atoms with Gasteiger partial charge in [-0.3, -0.25) is 19.5 Å². The van der Waals surface area contributed by atoms with Crippen molar-refractivity contribution in [2.45, 2.75) is 65.3 Å². The predicted octanol–water partition coefficient (Wildman–Crippen LogP) is 6.03. The van der Waals surface area contributed by atoms with E-state index in [1.165, 1.54) is 6.07 Å². The first-order valence-electron chi connectivity index (χ1n) is 17.3. The monoisotopic (exact) mass is 702 g/mol. The molecule has 0 spiro atoms. The summed E-state index contributed by atoms with van der Waals surface area (Å²) in [6.45, 7) is 7.67. The molecule has 1 aromatic heterocycles. The van der Waals surface area contributed by atoms with Crippen LogP contribution in [-0.4, -0.2) is 75.8 Å². The third kappa shape index (κ3) is 8.54. The molecule has 1 saturated carbocycles. The highest BCUT2D eigenvalue weighted by atomic mass is 19.1. The van der Waals surface area contributed by atoms with Gasteiger partial charge in [-0.25, -0.2) is 0 Å². The number of amidine groups is 1. The number of benzene rings is 2. The second-order valence-electron chi connectivity index (χ2n) is 12.8. The standard InChI is InChI=1S/C38H47FN6O6/c1-5-7-35(49)45(37(40-4)29-21-28(24(2)3)32(46)22-33(29)47)27-10-11-31-26(20-27)12-15-43(31)17-19-51-18-14-41-34(48)13-16-44-23-30(39)38(50)42-36(44)25-8-6-9-25/h7,10-12,15,20-24,46-47,49H,5-6,8-9,13-14,16-19H2,1-4H3,(H,41,48)(H,42,50)/b35-7-,40-37?. The van der Waals surface area contributed by atoms with E-state index in [0.717, 1.165) is 41.9 Å². The van der Waals surface area contributed by atoms with Crippen molar-refractivity contribution in [1.82, 2.24) is 20.1 Å². The normalized spacial score (nSPS) is 15.3. The van der Waals surface area contributed by atoms with Crippen LogP contribution >= 0.6 is 0 Å². The minimum Gasteiger partial charge on any atom is -0.508 e. The van der Waals surface area contributed by atoms with Gasteiger partial charge in [-0.05, 0) is 79.1 Å². The maximum atomic E-state index is 13.9. The van der Waals surface area contributed by atoms with Crippen molar-refractivity contribution in [1.29, 1.82) is 0 Å². The number of hydrogen-bond donors (Lipinski definition) is 5. The van der Waals surface area contributed by atoms with Gasteiger partial charge in [0.15, 0.2) is 5.88 Å². The summed E-state index contributed by atoms with van der Waals surface area (Å²) in [6, 6.07) is 10.7. The Labute approximate surface area is 297 Å². The second-order valence-corrected chi connectivity index (χ2v) is 12.8. The number of phenolic OH excluding ortho intramolecular Hbond substituents is 2. The van der Waals surface area contributed by atoms with Gasteiger partial charge in [0.1, 0.15) is 23.2 Å². The molecule has 0 atom stereocenters. The third-order valence-corrected chi connectivity index (χ3v) is 8.98. The Morgan fingerprint density at radius 3 is 2.61 bits per heavy atom. The molecule has 272 valence electrons. The molecule has 5 N–H and O–H groups in total. The lowest BCUT2D eigenvalue weighted by Gasteiger charge is -2.32. The number of nitrogens with zero attached hydrogens (tertiary/aromatic N) is 4. The summed E-state index contributed by atoms with van der Waals surface area (Å²) in [5.41, 5.74) is 3.68. The summed E-state index contributed by atoms with van der Waals surface area (Å²) in [4.78, 5) is 31.9. The number of anilines is 1. The number of nitrogens with one attached hydrogen (secondary N) is 2.